The van der Waals surface area contributed by atoms with Gasteiger partial charge in [-0.1, -0.05) is 12.8 Å². The van der Waals surface area contributed by atoms with Gasteiger partial charge < -0.3 is 9.47 Å². The van der Waals surface area contributed by atoms with Gasteiger partial charge in [-0.3, -0.25) is 4.79 Å². The molecule has 7 nitrogen and oxygen atoms in total. The Hall–Kier alpha value is -0.700. The molecule has 2 aliphatic heterocycles. The first-order valence-electron chi connectivity index (χ1n) is 7.47. The van der Waals surface area contributed by atoms with E-state index in [0.717, 1.165) is 25.7 Å². The van der Waals surface area contributed by atoms with Gasteiger partial charge in [-0.2, -0.15) is 17.0 Å². The highest BCUT2D eigenvalue weighted by Crippen LogP contribution is 2.19. The highest BCUT2D eigenvalue weighted by molar-refractivity contribution is 7.86. The number of morpholine rings is 1. The fourth-order valence-electron chi connectivity index (χ4n) is 2.73. The number of hydrogen-bond acceptors (Lipinski definition) is 5. The fourth-order valence-corrected chi connectivity index (χ4v) is 4.44. The molecule has 122 valence electrons. The van der Waals surface area contributed by atoms with Crippen LogP contribution in [0.2, 0.25) is 0 Å². The summed E-state index contributed by atoms with van der Waals surface area (Å²) in [7, 11) is -2.13. The standard InChI is InChI=1S/C13H24N2O5S/c1-19-13(16)10-12-11-15(8-9-20-12)21(17,18)14-6-4-2-3-5-7-14/h12H,2-11H2,1H3. The number of ether oxygens (including phenoxy) is 2. The van der Waals surface area contributed by atoms with Gasteiger partial charge >= 0.3 is 5.97 Å². The molecule has 0 aliphatic carbocycles. The second kappa shape index (κ2) is 7.53. The van der Waals surface area contributed by atoms with E-state index in [-0.39, 0.29) is 18.9 Å². The molecule has 2 fully saturated rings. The van der Waals surface area contributed by atoms with Crippen molar-refractivity contribution in [3.63, 3.8) is 0 Å². The number of nitrogens with zero attached hydrogens (tertiary/aromatic N) is 2. The van der Waals surface area contributed by atoms with Crippen molar-refractivity contribution < 1.29 is 22.7 Å². The summed E-state index contributed by atoms with van der Waals surface area (Å²) in [5.74, 6) is -0.381. The maximum absolute atomic E-state index is 12.7. The van der Waals surface area contributed by atoms with E-state index < -0.39 is 16.3 Å². The van der Waals surface area contributed by atoms with Gasteiger partial charge in [-0.25, -0.2) is 0 Å². The van der Waals surface area contributed by atoms with Crippen LogP contribution in [0.25, 0.3) is 0 Å². The van der Waals surface area contributed by atoms with Crippen LogP contribution in [0.4, 0.5) is 0 Å². The van der Waals surface area contributed by atoms with Crippen molar-refractivity contribution in [3.05, 3.63) is 0 Å². The molecule has 0 saturated carbocycles. The number of methoxy groups -OCH3 is 1. The van der Waals surface area contributed by atoms with Gasteiger partial charge in [0.05, 0.1) is 26.2 Å². The minimum absolute atomic E-state index is 0.0858. The summed E-state index contributed by atoms with van der Waals surface area (Å²) in [6.07, 6.45) is 3.65. The molecule has 0 spiro atoms. The lowest BCUT2D eigenvalue weighted by atomic mass is 10.2. The van der Waals surface area contributed by atoms with Crippen LogP contribution in [0.15, 0.2) is 0 Å². The van der Waals surface area contributed by atoms with E-state index in [1.807, 2.05) is 0 Å². The first kappa shape index (κ1) is 16.7. The van der Waals surface area contributed by atoms with Crippen molar-refractivity contribution in [2.45, 2.75) is 38.2 Å². The molecule has 0 amide bonds. The zero-order chi connectivity index (χ0) is 15.3. The topological polar surface area (TPSA) is 76.2 Å². The molecule has 0 bridgehead atoms. The summed E-state index contributed by atoms with van der Waals surface area (Å²) in [6.45, 7) is 2.04. The molecule has 2 rings (SSSR count). The first-order valence-corrected chi connectivity index (χ1v) is 8.87. The van der Waals surface area contributed by atoms with Crippen LogP contribution in [0.3, 0.4) is 0 Å². The van der Waals surface area contributed by atoms with Crippen LogP contribution < -0.4 is 0 Å². The fraction of sp³-hybridized carbons (Fsp3) is 0.923. The number of carbonyl (C=O) groups excluding carboxylic acids is 1. The zero-order valence-corrected chi connectivity index (χ0v) is 13.3. The lowest BCUT2D eigenvalue weighted by Gasteiger charge is -2.35. The molecule has 2 heterocycles. The number of carbonyl (C=O) groups is 1. The van der Waals surface area contributed by atoms with Crippen molar-refractivity contribution in [3.8, 4) is 0 Å². The summed E-state index contributed by atoms with van der Waals surface area (Å²) in [5, 5.41) is 0. The lowest BCUT2D eigenvalue weighted by molar-refractivity contribution is -0.145. The van der Waals surface area contributed by atoms with Gasteiger partial charge in [-0.15, -0.1) is 0 Å². The molecule has 1 unspecified atom stereocenters. The summed E-state index contributed by atoms with van der Waals surface area (Å²) < 4.78 is 38.4. The van der Waals surface area contributed by atoms with Gasteiger partial charge in [0.2, 0.25) is 0 Å². The van der Waals surface area contributed by atoms with Crippen molar-refractivity contribution in [2.75, 3.05) is 39.9 Å². The van der Waals surface area contributed by atoms with Crippen molar-refractivity contribution >= 4 is 16.2 Å². The van der Waals surface area contributed by atoms with Gasteiger partial charge in [0.1, 0.15) is 0 Å². The minimum atomic E-state index is -3.45. The zero-order valence-electron chi connectivity index (χ0n) is 12.5. The highest BCUT2D eigenvalue weighted by Gasteiger charge is 2.34. The van der Waals surface area contributed by atoms with Gasteiger partial charge in [0.15, 0.2) is 0 Å². The Morgan fingerprint density at radius 1 is 1.14 bits per heavy atom. The Morgan fingerprint density at radius 3 is 2.43 bits per heavy atom. The molecule has 8 heteroatoms. The van der Waals surface area contributed by atoms with Gasteiger partial charge in [-0.05, 0) is 12.8 Å². The molecular weight excluding hydrogens is 296 g/mol. The number of rotatable bonds is 4. The van der Waals surface area contributed by atoms with Crippen molar-refractivity contribution in [1.82, 2.24) is 8.61 Å². The molecule has 2 saturated heterocycles. The quantitative estimate of drug-likeness (QED) is 0.700. The average Bonchev–Trinajstić information content (AvgIpc) is 2.77. The Balaban J connectivity index is 1.99. The Kier molecular flexibility index (Phi) is 5.98. The average molecular weight is 320 g/mol. The molecule has 0 aromatic carbocycles. The van der Waals surface area contributed by atoms with E-state index in [1.54, 1.807) is 4.31 Å². The molecular formula is C13H24N2O5S. The lowest BCUT2D eigenvalue weighted by Crippen LogP contribution is -2.51. The summed E-state index contributed by atoms with van der Waals surface area (Å²) in [4.78, 5) is 11.3. The molecule has 21 heavy (non-hydrogen) atoms. The molecule has 0 N–H and O–H groups in total. The van der Waals surface area contributed by atoms with Gasteiger partial charge in [0.25, 0.3) is 10.2 Å². The summed E-state index contributed by atoms with van der Waals surface area (Å²) >= 11 is 0. The Labute approximate surface area is 126 Å². The SMILES string of the molecule is COC(=O)CC1CN(S(=O)(=O)N2CCCCCC2)CCO1. The van der Waals surface area contributed by atoms with E-state index in [1.165, 1.54) is 11.4 Å². The predicted octanol–water partition coefficient (Wildman–Crippen LogP) is 0.371. The Bertz CT molecular complexity index is 445. The van der Waals surface area contributed by atoms with Crippen LogP contribution >= 0.6 is 0 Å². The normalized spacial score (nSPS) is 26.2. The third kappa shape index (κ3) is 4.38. The van der Waals surface area contributed by atoms with Gasteiger partial charge in [0, 0.05) is 26.2 Å². The first-order chi connectivity index (χ1) is 10.0. The van der Waals surface area contributed by atoms with E-state index >= 15 is 0 Å². The molecule has 0 aromatic heterocycles. The summed E-state index contributed by atoms with van der Waals surface area (Å²) in [6, 6.07) is 0. The van der Waals surface area contributed by atoms with Crippen molar-refractivity contribution in [1.29, 1.82) is 0 Å². The maximum atomic E-state index is 12.7. The van der Waals surface area contributed by atoms with Crippen LogP contribution in [0.1, 0.15) is 32.1 Å². The van der Waals surface area contributed by atoms with Crippen molar-refractivity contribution in [2.24, 2.45) is 0 Å². The van der Waals surface area contributed by atoms with Crippen LogP contribution in [0, 0.1) is 0 Å². The smallest absolute Gasteiger partial charge is 0.308 e. The minimum Gasteiger partial charge on any atom is -0.469 e. The van der Waals surface area contributed by atoms with E-state index in [0.29, 0.717) is 26.2 Å². The monoisotopic (exact) mass is 320 g/mol. The second-order valence-corrected chi connectivity index (χ2v) is 7.38. The second-order valence-electron chi connectivity index (χ2n) is 5.45. The van der Waals surface area contributed by atoms with E-state index in [4.69, 9.17) is 4.74 Å². The molecule has 2 aliphatic rings. The Morgan fingerprint density at radius 2 is 1.81 bits per heavy atom. The molecule has 0 aromatic rings. The van der Waals surface area contributed by atoms with E-state index in [9.17, 15) is 13.2 Å². The highest BCUT2D eigenvalue weighted by atomic mass is 32.2. The maximum Gasteiger partial charge on any atom is 0.308 e. The molecule has 1 atom stereocenters. The third-order valence-electron chi connectivity index (χ3n) is 3.94. The number of hydrogen-bond donors (Lipinski definition) is 0. The third-order valence-corrected chi connectivity index (χ3v) is 5.94. The van der Waals surface area contributed by atoms with Crippen LogP contribution in [0.5, 0.6) is 0 Å². The van der Waals surface area contributed by atoms with Crippen LogP contribution in [-0.4, -0.2) is 69.0 Å². The van der Waals surface area contributed by atoms with E-state index in [2.05, 4.69) is 4.74 Å². The van der Waals surface area contributed by atoms with Crippen LogP contribution in [-0.2, 0) is 24.5 Å². The largest absolute Gasteiger partial charge is 0.469 e. The predicted molar refractivity (Wildman–Crippen MR) is 76.9 cm³/mol. The number of esters is 1. The summed E-state index contributed by atoms with van der Waals surface area (Å²) in [5.41, 5.74) is 0. The molecule has 0 radical (unpaired) electrons.